The zero-order chi connectivity index (χ0) is 11.5. The second kappa shape index (κ2) is 5.10. The van der Waals surface area contributed by atoms with Crippen LogP contribution in [0.2, 0.25) is 0 Å². The molecule has 1 aromatic rings. The van der Waals surface area contributed by atoms with Gasteiger partial charge < -0.3 is 10.4 Å². The fourth-order valence-electron chi connectivity index (χ4n) is 1.22. The highest BCUT2D eigenvalue weighted by Crippen LogP contribution is 2.17. The monoisotopic (exact) mass is 227 g/mol. The van der Waals surface area contributed by atoms with E-state index in [0.717, 1.165) is 6.54 Å². The molecule has 0 bridgehead atoms. The Labute approximate surface area is 96.3 Å². The largest absolute Gasteiger partial charge is 0.389 e. The van der Waals surface area contributed by atoms with Crippen LogP contribution in [0.1, 0.15) is 30.5 Å². The van der Waals surface area contributed by atoms with Crippen LogP contribution < -0.4 is 5.32 Å². The van der Waals surface area contributed by atoms with Gasteiger partial charge in [0.05, 0.1) is 5.60 Å². The van der Waals surface area contributed by atoms with Crippen molar-refractivity contribution < 1.29 is 5.11 Å². The average molecular weight is 227 g/mol. The van der Waals surface area contributed by atoms with Crippen LogP contribution >= 0.6 is 11.3 Å². The summed E-state index contributed by atoms with van der Waals surface area (Å²) in [5.74, 6) is 0.273. The standard InChI is InChI=1S/C12H21NOS/c1-9(2)12(4,14)8-13-7-11-6-5-10(3)15-11/h5-6,9,13-14H,7-8H2,1-4H3. The fourth-order valence-corrected chi connectivity index (χ4v) is 2.08. The molecule has 3 heteroatoms. The Hall–Kier alpha value is -0.380. The summed E-state index contributed by atoms with van der Waals surface area (Å²) in [7, 11) is 0. The first-order chi connectivity index (χ1) is 6.92. The summed E-state index contributed by atoms with van der Waals surface area (Å²) in [6, 6.07) is 4.26. The first-order valence-corrected chi connectivity index (χ1v) is 6.22. The summed E-state index contributed by atoms with van der Waals surface area (Å²) in [6.45, 7) is 9.56. The number of hydrogen-bond donors (Lipinski definition) is 2. The van der Waals surface area contributed by atoms with Gasteiger partial charge in [-0.15, -0.1) is 11.3 Å². The van der Waals surface area contributed by atoms with E-state index in [1.807, 2.05) is 20.8 Å². The molecule has 0 aliphatic carbocycles. The first kappa shape index (κ1) is 12.7. The van der Waals surface area contributed by atoms with Gasteiger partial charge in [-0.05, 0) is 31.9 Å². The Balaban J connectivity index is 2.33. The lowest BCUT2D eigenvalue weighted by Gasteiger charge is -2.27. The number of rotatable bonds is 5. The van der Waals surface area contributed by atoms with Crippen LogP contribution in [0.3, 0.4) is 0 Å². The van der Waals surface area contributed by atoms with E-state index >= 15 is 0 Å². The lowest BCUT2D eigenvalue weighted by atomic mass is 9.93. The van der Waals surface area contributed by atoms with Crippen molar-refractivity contribution in [3.63, 3.8) is 0 Å². The summed E-state index contributed by atoms with van der Waals surface area (Å²) in [5.41, 5.74) is -0.619. The molecular weight excluding hydrogens is 206 g/mol. The van der Waals surface area contributed by atoms with Gasteiger partial charge in [-0.2, -0.15) is 0 Å². The molecule has 1 aromatic heterocycles. The topological polar surface area (TPSA) is 32.3 Å². The van der Waals surface area contributed by atoms with Crippen molar-refractivity contribution in [3.8, 4) is 0 Å². The molecule has 0 amide bonds. The molecule has 0 saturated heterocycles. The van der Waals surface area contributed by atoms with E-state index in [1.165, 1.54) is 9.75 Å². The van der Waals surface area contributed by atoms with E-state index in [4.69, 9.17) is 0 Å². The van der Waals surface area contributed by atoms with Crippen LogP contribution in [0, 0.1) is 12.8 Å². The zero-order valence-electron chi connectivity index (χ0n) is 10.0. The second-order valence-electron chi connectivity index (χ2n) is 4.63. The first-order valence-electron chi connectivity index (χ1n) is 5.40. The normalized spacial score (nSPS) is 15.6. The molecule has 1 heterocycles. The maximum atomic E-state index is 10.0. The maximum absolute atomic E-state index is 10.0. The molecule has 0 aliphatic heterocycles. The van der Waals surface area contributed by atoms with Crippen molar-refractivity contribution in [1.29, 1.82) is 0 Å². The summed E-state index contributed by atoms with van der Waals surface area (Å²) in [5, 5.41) is 13.3. The highest BCUT2D eigenvalue weighted by molar-refractivity contribution is 7.11. The van der Waals surface area contributed by atoms with Gasteiger partial charge >= 0.3 is 0 Å². The highest BCUT2D eigenvalue weighted by Gasteiger charge is 2.23. The van der Waals surface area contributed by atoms with Gasteiger partial charge in [-0.25, -0.2) is 0 Å². The van der Waals surface area contributed by atoms with Crippen molar-refractivity contribution in [2.24, 2.45) is 5.92 Å². The average Bonchev–Trinajstić information content (AvgIpc) is 2.51. The van der Waals surface area contributed by atoms with E-state index in [1.54, 1.807) is 11.3 Å². The minimum atomic E-state index is -0.619. The SMILES string of the molecule is Cc1ccc(CNCC(C)(O)C(C)C)s1. The quantitative estimate of drug-likeness (QED) is 0.810. The maximum Gasteiger partial charge on any atom is 0.0766 e. The minimum absolute atomic E-state index is 0.273. The molecule has 1 unspecified atom stereocenters. The molecule has 1 atom stereocenters. The number of aliphatic hydroxyl groups is 1. The van der Waals surface area contributed by atoms with E-state index in [-0.39, 0.29) is 5.92 Å². The van der Waals surface area contributed by atoms with Crippen LogP contribution in [-0.4, -0.2) is 17.3 Å². The van der Waals surface area contributed by atoms with Crippen LogP contribution in [0.15, 0.2) is 12.1 Å². The highest BCUT2D eigenvalue weighted by atomic mass is 32.1. The molecule has 86 valence electrons. The summed E-state index contributed by atoms with van der Waals surface area (Å²) >= 11 is 1.80. The molecule has 0 spiro atoms. The molecule has 15 heavy (non-hydrogen) atoms. The molecule has 0 saturated carbocycles. The Bertz CT molecular complexity index is 304. The molecule has 0 aliphatic rings. The smallest absolute Gasteiger partial charge is 0.0766 e. The summed E-state index contributed by atoms with van der Waals surface area (Å²) in [4.78, 5) is 2.66. The van der Waals surface area contributed by atoms with Crippen LogP contribution in [0.5, 0.6) is 0 Å². The third kappa shape index (κ3) is 3.93. The predicted molar refractivity (Wildman–Crippen MR) is 66.2 cm³/mol. The van der Waals surface area contributed by atoms with Gasteiger partial charge in [-0.1, -0.05) is 13.8 Å². The van der Waals surface area contributed by atoms with E-state index < -0.39 is 5.60 Å². The summed E-state index contributed by atoms with van der Waals surface area (Å²) < 4.78 is 0. The molecule has 2 nitrogen and oxygen atoms in total. The van der Waals surface area contributed by atoms with E-state index in [9.17, 15) is 5.11 Å². The van der Waals surface area contributed by atoms with Gasteiger partial charge in [-0.3, -0.25) is 0 Å². The molecule has 1 rings (SSSR count). The van der Waals surface area contributed by atoms with Gasteiger partial charge in [0.1, 0.15) is 0 Å². The Morgan fingerprint density at radius 2 is 2.13 bits per heavy atom. The Kier molecular flexibility index (Phi) is 4.32. The third-order valence-electron chi connectivity index (χ3n) is 2.82. The van der Waals surface area contributed by atoms with Crippen LogP contribution in [0.25, 0.3) is 0 Å². The molecule has 2 N–H and O–H groups in total. The van der Waals surface area contributed by atoms with Gasteiger partial charge in [0.15, 0.2) is 0 Å². The predicted octanol–water partition coefficient (Wildman–Crippen LogP) is 2.55. The van der Waals surface area contributed by atoms with Gasteiger partial charge in [0.2, 0.25) is 0 Å². The zero-order valence-corrected chi connectivity index (χ0v) is 10.8. The lowest BCUT2D eigenvalue weighted by molar-refractivity contribution is 0.0140. The fraction of sp³-hybridized carbons (Fsp3) is 0.667. The Morgan fingerprint density at radius 1 is 1.47 bits per heavy atom. The summed E-state index contributed by atoms with van der Waals surface area (Å²) in [6.07, 6.45) is 0. The van der Waals surface area contributed by atoms with Crippen molar-refractivity contribution in [2.45, 2.75) is 39.8 Å². The van der Waals surface area contributed by atoms with Gasteiger partial charge in [0, 0.05) is 22.8 Å². The molecule has 0 aromatic carbocycles. The van der Waals surface area contributed by atoms with Crippen molar-refractivity contribution in [2.75, 3.05) is 6.54 Å². The number of aryl methyl sites for hydroxylation is 1. The van der Waals surface area contributed by atoms with Crippen molar-refractivity contribution >= 4 is 11.3 Å². The Morgan fingerprint density at radius 3 is 2.60 bits per heavy atom. The molecule has 0 fully saturated rings. The number of nitrogens with one attached hydrogen (secondary N) is 1. The molecular formula is C12H21NOS. The van der Waals surface area contributed by atoms with Gasteiger partial charge in [0.25, 0.3) is 0 Å². The third-order valence-corrected chi connectivity index (χ3v) is 3.82. The van der Waals surface area contributed by atoms with E-state index in [2.05, 4.69) is 24.4 Å². The minimum Gasteiger partial charge on any atom is -0.389 e. The van der Waals surface area contributed by atoms with Crippen molar-refractivity contribution in [1.82, 2.24) is 5.32 Å². The van der Waals surface area contributed by atoms with Crippen LogP contribution in [-0.2, 0) is 6.54 Å². The van der Waals surface area contributed by atoms with E-state index in [0.29, 0.717) is 6.54 Å². The molecule has 0 radical (unpaired) electrons. The van der Waals surface area contributed by atoms with Crippen LogP contribution in [0.4, 0.5) is 0 Å². The van der Waals surface area contributed by atoms with Crippen molar-refractivity contribution in [3.05, 3.63) is 21.9 Å². The lowest BCUT2D eigenvalue weighted by Crippen LogP contribution is -2.41. The number of thiophene rings is 1. The second-order valence-corrected chi connectivity index (χ2v) is 6.00. The number of hydrogen-bond acceptors (Lipinski definition) is 3.